The van der Waals surface area contributed by atoms with E-state index in [1.54, 1.807) is 29.8 Å². The summed E-state index contributed by atoms with van der Waals surface area (Å²) >= 11 is 0. The maximum Gasteiger partial charge on any atom is 0.341 e. The van der Waals surface area contributed by atoms with Gasteiger partial charge in [0.25, 0.3) is 5.91 Å². The molecule has 1 N–H and O–H groups in total. The third kappa shape index (κ3) is 4.87. The Labute approximate surface area is 192 Å². The highest BCUT2D eigenvalue weighted by atomic mass is 16.5. The van der Waals surface area contributed by atoms with Crippen LogP contribution in [-0.4, -0.2) is 28.1 Å². The average molecular weight is 444 g/mol. The van der Waals surface area contributed by atoms with E-state index in [4.69, 9.17) is 9.47 Å². The fraction of sp³-hybridized carbons (Fsp3) is 0.192. The number of aryl methyl sites for hydroxylation is 1. The van der Waals surface area contributed by atoms with Gasteiger partial charge in [0.1, 0.15) is 11.3 Å². The second-order valence-electron chi connectivity index (χ2n) is 7.38. The van der Waals surface area contributed by atoms with Gasteiger partial charge in [-0.15, -0.1) is 0 Å². The van der Waals surface area contributed by atoms with Gasteiger partial charge in [0.05, 0.1) is 18.3 Å². The Morgan fingerprint density at radius 1 is 1.03 bits per heavy atom. The molecule has 0 fully saturated rings. The number of ether oxygens (including phenoxy) is 2. The van der Waals surface area contributed by atoms with Crippen LogP contribution in [0.1, 0.15) is 41.4 Å². The van der Waals surface area contributed by atoms with Gasteiger partial charge in [0.2, 0.25) is 6.10 Å². The first kappa shape index (κ1) is 22.1. The number of benzene rings is 2. The highest BCUT2D eigenvalue weighted by Crippen LogP contribution is 2.27. The summed E-state index contributed by atoms with van der Waals surface area (Å²) < 4.78 is 12.9. The number of nitrogens with one attached hydrogen (secondary N) is 1. The molecule has 4 rings (SSSR count). The summed E-state index contributed by atoms with van der Waals surface area (Å²) in [5, 5.41) is 7.10. The number of pyridine rings is 1. The van der Waals surface area contributed by atoms with Crippen LogP contribution in [-0.2, 0) is 16.0 Å². The van der Waals surface area contributed by atoms with Gasteiger partial charge < -0.3 is 14.8 Å². The second-order valence-corrected chi connectivity index (χ2v) is 7.38. The molecule has 2 aromatic carbocycles. The molecule has 0 saturated heterocycles. The van der Waals surface area contributed by atoms with Crippen molar-refractivity contribution in [2.45, 2.75) is 26.4 Å². The van der Waals surface area contributed by atoms with Crippen molar-refractivity contribution in [2.75, 3.05) is 11.9 Å². The summed E-state index contributed by atoms with van der Waals surface area (Å²) in [5.41, 5.74) is 3.15. The smallest absolute Gasteiger partial charge is 0.341 e. The van der Waals surface area contributed by atoms with Crippen LogP contribution in [0.2, 0.25) is 0 Å². The first-order valence-corrected chi connectivity index (χ1v) is 10.9. The molecule has 2 heterocycles. The molecule has 2 aromatic heterocycles. The zero-order valence-electron chi connectivity index (χ0n) is 18.5. The fourth-order valence-corrected chi connectivity index (χ4v) is 3.57. The largest absolute Gasteiger partial charge is 0.476 e. The molecule has 33 heavy (non-hydrogen) atoms. The molecule has 168 valence electrons. The summed E-state index contributed by atoms with van der Waals surface area (Å²) in [6.07, 6.45) is 3.06. The summed E-state index contributed by atoms with van der Waals surface area (Å²) in [7, 11) is 0. The molecule has 1 unspecified atom stereocenters. The zero-order chi connectivity index (χ0) is 23.2. The lowest BCUT2D eigenvalue weighted by atomic mass is 10.1. The Kier molecular flexibility index (Phi) is 6.69. The number of fused-ring (bicyclic) bond motifs is 1. The number of anilines is 1. The van der Waals surface area contributed by atoms with E-state index in [0.717, 1.165) is 17.5 Å². The molecular weight excluding hydrogens is 418 g/mol. The summed E-state index contributed by atoms with van der Waals surface area (Å²) in [5.74, 6) is -0.119. The Hall–Kier alpha value is -4.13. The first-order valence-electron chi connectivity index (χ1n) is 10.9. The van der Waals surface area contributed by atoms with E-state index in [1.165, 1.54) is 6.20 Å². The monoisotopic (exact) mass is 443 g/mol. The summed E-state index contributed by atoms with van der Waals surface area (Å²) in [6.45, 7) is 4.05. The quantitative estimate of drug-likeness (QED) is 0.395. The second kappa shape index (κ2) is 9.99. The van der Waals surface area contributed by atoms with Crippen molar-refractivity contribution in [3.05, 3.63) is 95.8 Å². The van der Waals surface area contributed by atoms with Crippen molar-refractivity contribution in [1.82, 2.24) is 9.61 Å². The number of para-hydroxylation sites is 1. The van der Waals surface area contributed by atoms with E-state index in [-0.39, 0.29) is 12.5 Å². The molecule has 7 nitrogen and oxygen atoms in total. The standard InChI is InChI=1S/C26H25N3O4/c1-3-18-10-8-9-13-23(18)33-24(19-11-6-5-7-12-19)25(30)28-20-14-15-29-22(16-20)21(17-27-29)26(31)32-4-2/h5-17,24H,3-4H2,1-2H3,(H,28,30). The predicted octanol–water partition coefficient (Wildman–Crippen LogP) is 4.83. The van der Waals surface area contributed by atoms with Gasteiger partial charge in [-0.3, -0.25) is 4.79 Å². The Balaban J connectivity index is 1.63. The van der Waals surface area contributed by atoms with Crippen LogP contribution < -0.4 is 10.1 Å². The van der Waals surface area contributed by atoms with Gasteiger partial charge in [0.15, 0.2) is 0 Å². The minimum Gasteiger partial charge on any atom is -0.476 e. The molecule has 0 aliphatic heterocycles. The topological polar surface area (TPSA) is 81.9 Å². The highest BCUT2D eigenvalue weighted by Gasteiger charge is 2.24. The number of carbonyl (C=O) groups excluding carboxylic acids is 2. The molecule has 1 amide bonds. The van der Waals surface area contributed by atoms with Crippen molar-refractivity contribution in [3.8, 4) is 5.75 Å². The molecule has 7 heteroatoms. The lowest BCUT2D eigenvalue weighted by Gasteiger charge is -2.21. The van der Waals surface area contributed by atoms with Crippen LogP contribution in [0, 0.1) is 0 Å². The van der Waals surface area contributed by atoms with Crippen molar-refractivity contribution >= 4 is 23.1 Å². The van der Waals surface area contributed by atoms with E-state index in [1.807, 2.05) is 61.5 Å². The number of esters is 1. The molecule has 0 aliphatic carbocycles. The maximum atomic E-state index is 13.4. The average Bonchev–Trinajstić information content (AvgIpc) is 3.27. The van der Waals surface area contributed by atoms with E-state index >= 15 is 0 Å². The summed E-state index contributed by atoms with van der Waals surface area (Å²) in [6, 6.07) is 20.5. The third-order valence-corrected chi connectivity index (χ3v) is 5.22. The third-order valence-electron chi connectivity index (χ3n) is 5.22. The zero-order valence-corrected chi connectivity index (χ0v) is 18.5. The molecule has 0 saturated carbocycles. The van der Waals surface area contributed by atoms with Gasteiger partial charge in [-0.05, 0) is 37.1 Å². The van der Waals surface area contributed by atoms with E-state index in [9.17, 15) is 9.59 Å². The molecule has 0 radical (unpaired) electrons. The van der Waals surface area contributed by atoms with Gasteiger partial charge in [-0.2, -0.15) is 5.10 Å². The van der Waals surface area contributed by atoms with E-state index in [2.05, 4.69) is 10.4 Å². The van der Waals surface area contributed by atoms with Crippen molar-refractivity contribution in [2.24, 2.45) is 0 Å². The van der Waals surface area contributed by atoms with Gasteiger partial charge in [-0.1, -0.05) is 55.5 Å². The van der Waals surface area contributed by atoms with Gasteiger partial charge >= 0.3 is 5.97 Å². The lowest BCUT2D eigenvalue weighted by molar-refractivity contribution is -0.123. The number of aromatic nitrogens is 2. The minimum atomic E-state index is -0.857. The highest BCUT2D eigenvalue weighted by molar-refractivity contribution is 5.99. The van der Waals surface area contributed by atoms with E-state index in [0.29, 0.717) is 22.5 Å². The van der Waals surface area contributed by atoms with Crippen LogP contribution >= 0.6 is 0 Å². The number of amides is 1. The molecule has 4 aromatic rings. The van der Waals surface area contributed by atoms with Crippen LogP contribution in [0.5, 0.6) is 5.75 Å². The number of hydrogen-bond donors (Lipinski definition) is 1. The van der Waals surface area contributed by atoms with Crippen molar-refractivity contribution in [3.63, 3.8) is 0 Å². The van der Waals surface area contributed by atoms with Crippen LogP contribution in [0.25, 0.3) is 5.52 Å². The Morgan fingerprint density at radius 3 is 2.55 bits per heavy atom. The van der Waals surface area contributed by atoms with Gasteiger partial charge in [0, 0.05) is 17.4 Å². The van der Waals surface area contributed by atoms with Crippen LogP contribution in [0.3, 0.4) is 0 Å². The molecule has 0 aliphatic rings. The minimum absolute atomic E-state index is 0.266. The van der Waals surface area contributed by atoms with E-state index < -0.39 is 12.1 Å². The SMILES string of the molecule is CCOC(=O)c1cnn2ccc(NC(=O)C(Oc3ccccc3CC)c3ccccc3)cc12. The van der Waals surface area contributed by atoms with Crippen molar-refractivity contribution in [1.29, 1.82) is 0 Å². The van der Waals surface area contributed by atoms with Crippen molar-refractivity contribution < 1.29 is 19.1 Å². The number of rotatable bonds is 8. The molecule has 1 atom stereocenters. The fourth-order valence-electron chi connectivity index (χ4n) is 3.57. The Bertz CT molecular complexity index is 1270. The normalized spacial score (nSPS) is 11.7. The molecular formula is C26H25N3O4. The lowest BCUT2D eigenvalue weighted by Crippen LogP contribution is -2.26. The molecule has 0 bridgehead atoms. The Morgan fingerprint density at radius 2 is 1.79 bits per heavy atom. The number of carbonyl (C=O) groups is 2. The maximum absolute atomic E-state index is 13.4. The van der Waals surface area contributed by atoms with Gasteiger partial charge in [-0.25, -0.2) is 9.31 Å². The van der Waals surface area contributed by atoms with Crippen LogP contribution in [0.4, 0.5) is 5.69 Å². The van der Waals surface area contributed by atoms with Crippen LogP contribution in [0.15, 0.2) is 79.1 Å². The number of hydrogen-bond acceptors (Lipinski definition) is 5. The summed E-state index contributed by atoms with van der Waals surface area (Å²) in [4.78, 5) is 25.6. The number of nitrogens with zero attached hydrogens (tertiary/aromatic N) is 2. The predicted molar refractivity (Wildman–Crippen MR) is 125 cm³/mol. The first-order chi connectivity index (χ1) is 16.1. The molecule has 0 spiro atoms.